The summed E-state index contributed by atoms with van der Waals surface area (Å²) in [5.41, 5.74) is 0.311. The molecule has 1 heterocycles. The molecule has 0 radical (unpaired) electrons. The van der Waals surface area contributed by atoms with Gasteiger partial charge in [-0.05, 0) is 33.1 Å². The zero-order valence-corrected chi connectivity index (χ0v) is 23.4. The lowest BCUT2D eigenvalue weighted by Gasteiger charge is -2.43. The summed E-state index contributed by atoms with van der Waals surface area (Å²) in [6.45, 7) is 3.33. The first kappa shape index (κ1) is 28.2. The first-order valence-corrected chi connectivity index (χ1v) is 14.5. The molecule has 0 aliphatic heterocycles. The quantitative estimate of drug-likeness (QED) is 0.261. The number of hydrogen-bond acceptors (Lipinski definition) is 5. The van der Waals surface area contributed by atoms with Crippen molar-refractivity contribution in [2.75, 3.05) is 7.11 Å². The molecule has 0 bridgehead atoms. The van der Waals surface area contributed by atoms with Crippen LogP contribution in [0.2, 0.25) is 5.04 Å². The van der Waals surface area contributed by atoms with E-state index in [4.69, 9.17) is 9.16 Å². The Hall–Kier alpha value is -3.82. The van der Waals surface area contributed by atoms with Gasteiger partial charge in [-0.15, -0.1) is 0 Å². The summed E-state index contributed by atoms with van der Waals surface area (Å²) >= 11 is 0. The average molecular weight is 551 g/mol. The Kier molecular flexibility index (Phi) is 8.62. The molecule has 9 heteroatoms. The molecule has 1 aromatic heterocycles. The maximum absolute atomic E-state index is 13.2. The minimum Gasteiger partial charge on any atom is -0.497 e. The van der Waals surface area contributed by atoms with Gasteiger partial charge in [-0.25, -0.2) is 4.68 Å². The van der Waals surface area contributed by atoms with E-state index in [0.29, 0.717) is 11.4 Å². The summed E-state index contributed by atoms with van der Waals surface area (Å²) in [7, 11) is -1.37. The van der Waals surface area contributed by atoms with Crippen molar-refractivity contribution >= 4 is 18.7 Å². The summed E-state index contributed by atoms with van der Waals surface area (Å²) in [6, 6.07) is 28.4. The predicted octanol–water partition coefficient (Wildman–Crippen LogP) is 4.98. The van der Waals surface area contributed by atoms with E-state index in [-0.39, 0.29) is 18.2 Å². The number of ether oxygens (including phenoxy) is 2. The predicted molar refractivity (Wildman–Crippen MR) is 150 cm³/mol. The molecule has 39 heavy (non-hydrogen) atoms. The Morgan fingerprint density at radius 2 is 1.46 bits per heavy atom. The van der Waals surface area contributed by atoms with E-state index in [0.717, 1.165) is 20.6 Å². The topological polar surface area (TPSA) is 62.6 Å². The molecular weight excluding hydrogens is 518 g/mol. The molecule has 0 unspecified atom stereocenters. The maximum atomic E-state index is 13.2. The molecule has 4 rings (SSSR count). The third-order valence-corrected chi connectivity index (χ3v) is 11.5. The highest BCUT2D eigenvalue weighted by Crippen LogP contribution is 2.37. The molecule has 204 valence electrons. The Labute approximate surface area is 227 Å². The van der Waals surface area contributed by atoms with Crippen molar-refractivity contribution in [1.29, 1.82) is 0 Å². The normalized spacial score (nSPS) is 12.0. The summed E-state index contributed by atoms with van der Waals surface area (Å²) in [5, 5.41) is 6.34. The fourth-order valence-corrected chi connectivity index (χ4v) is 9.30. The molecule has 0 aliphatic carbocycles. The molecule has 0 aliphatic rings. The van der Waals surface area contributed by atoms with Crippen molar-refractivity contribution in [1.82, 2.24) is 9.78 Å². The van der Waals surface area contributed by atoms with Gasteiger partial charge >= 0.3 is 12.2 Å². The highest BCUT2D eigenvalue weighted by molar-refractivity contribution is 6.99. The van der Waals surface area contributed by atoms with Crippen LogP contribution in [0.15, 0.2) is 95.8 Å². The fourth-order valence-electron chi connectivity index (χ4n) is 4.78. The van der Waals surface area contributed by atoms with Gasteiger partial charge in [-0.2, -0.15) is 13.9 Å². The van der Waals surface area contributed by atoms with E-state index < -0.39 is 26.2 Å². The molecule has 0 N–H and O–H groups in total. The standard InChI is InChI=1S/C30H32F2N2O4Si/c1-30(2,3)39(25-11-7-5-8-12-25,26-13-9-6-10-14-26)37-21-23-19-27(38-29(31)32)28(35)34(33-23)20-22-15-17-24(36-4)18-16-22/h5-19,29H,20-21H2,1-4H3. The maximum Gasteiger partial charge on any atom is 0.387 e. The van der Waals surface area contributed by atoms with Gasteiger partial charge in [-0.3, -0.25) is 4.79 Å². The van der Waals surface area contributed by atoms with Crippen LogP contribution in [0.5, 0.6) is 11.5 Å². The second kappa shape index (κ2) is 11.9. The first-order chi connectivity index (χ1) is 18.6. The highest BCUT2D eigenvalue weighted by atomic mass is 28.4. The van der Waals surface area contributed by atoms with Gasteiger partial charge in [-0.1, -0.05) is 93.6 Å². The van der Waals surface area contributed by atoms with Gasteiger partial charge in [0.05, 0.1) is 26.0 Å². The third kappa shape index (κ3) is 6.26. The van der Waals surface area contributed by atoms with Gasteiger partial charge < -0.3 is 13.9 Å². The van der Waals surface area contributed by atoms with Crippen LogP contribution in [0.4, 0.5) is 8.78 Å². The van der Waals surface area contributed by atoms with E-state index >= 15 is 0 Å². The summed E-state index contributed by atoms with van der Waals surface area (Å²) < 4.78 is 44.2. The number of nitrogens with zero attached hydrogens (tertiary/aromatic N) is 2. The van der Waals surface area contributed by atoms with Crippen LogP contribution in [-0.2, 0) is 17.6 Å². The number of rotatable bonds is 10. The Balaban J connectivity index is 1.77. The van der Waals surface area contributed by atoms with Crippen molar-refractivity contribution in [2.45, 2.75) is 45.6 Å². The lowest BCUT2D eigenvalue weighted by molar-refractivity contribution is -0.0513. The smallest absolute Gasteiger partial charge is 0.387 e. The van der Waals surface area contributed by atoms with Gasteiger partial charge in [0, 0.05) is 6.07 Å². The Morgan fingerprint density at radius 1 is 0.897 bits per heavy atom. The van der Waals surface area contributed by atoms with Gasteiger partial charge in [0.2, 0.25) is 0 Å². The molecule has 0 spiro atoms. The highest BCUT2D eigenvalue weighted by Gasteiger charge is 2.50. The van der Waals surface area contributed by atoms with Crippen molar-refractivity contribution in [3.63, 3.8) is 0 Å². The number of halogens is 2. The van der Waals surface area contributed by atoms with Crippen LogP contribution in [0.25, 0.3) is 0 Å². The first-order valence-electron chi connectivity index (χ1n) is 12.6. The van der Waals surface area contributed by atoms with E-state index in [9.17, 15) is 13.6 Å². The van der Waals surface area contributed by atoms with Crippen LogP contribution in [-0.4, -0.2) is 31.8 Å². The lowest BCUT2D eigenvalue weighted by atomic mass is 10.2. The molecule has 0 saturated carbocycles. The fraction of sp³-hybridized carbons (Fsp3) is 0.267. The average Bonchev–Trinajstić information content (AvgIpc) is 2.92. The number of methoxy groups -OCH3 is 1. The zero-order chi connectivity index (χ0) is 28.0. The van der Waals surface area contributed by atoms with Gasteiger partial charge in [0.25, 0.3) is 8.32 Å². The second-order valence-corrected chi connectivity index (χ2v) is 14.4. The van der Waals surface area contributed by atoms with Crippen LogP contribution in [0.3, 0.4) is 0 Å². The molecule has 4 aromatic rings. The Bertz CT molecular complexity index is 1380. The number of hydrogen-bond donors (Lipinski definition) is 0. The van der Waals surface area contributed by atoms with Crippen LogP contribution in [0, 0.1) is 0 Å². The van der Waals surface area contributed by atoms with Crippen LogP contribution < -0.4 is 25.4 Å². The molecule has 0 atom stereocenters. The van der Waals surface area contributed by atoms with E-state index in [1.54, 1.807) is 31.4 Å². The largest absolute Gasteiger partial charge is 0.497 e. The number of benzene rings is 3. The van der Waals surface area contributed by atoms with Crippen molar-refractivity contribution in [3.05, 3.63) is 113 Å². The van der Waals surface area contributed by atoms with Crippen molar-refractivity contribution in [3.8, 4) is 11.5 Å². The molecule has 6 nitrogen and oxygen atoms in total. The number of alkyl halides is 2. The molecule has 0 amide bonds. The van der Waals surface area contributed by atoms with Crippen molar-refractivity contribution < 1.29 is 22.7 Å². The summed E-state index contributed by atoms with van der Waals surface area (Å²) in [6.07, 6.45) is 0. The Morgan fingerprint density at radius 3 is 1.95 bits per heavy atom. The van der Waals surface area contributed by atoms with Gasteiger partial charge in [0.1, 0.15) is 5.75 Å². The van der Waals surface area contributed by atoms with E-state index in [2.05, 4.69) is 54.9 Å². The SMILES string of the molecule is COc1ccc(Cn2nc(CO[Si](c3ccccc3)(c3ccccc3)C(C)(C)C)cc(OC(F)F)c2=O)cc1. The minimum atomic E-state index is -3.15. The van der Waals surface area contributed by atoms with E-state index in [1.165, 1.54) is 6.07 Å². The second-order valence-electron chi connectivity index (χ2n) is 10.1. The molecule has 3 aromatic carbocycles. The minimum absolute atomic E-state index is 0.00420. The van der Waals surface area contributed by atoms with E-state index in [1.807, 2.05) is 36.4 Å². The van der Waals surface area contributed by atoms with Crippen LogP contribution >= 0.6 is 0 Å². The zero-order valence-electron chi connectivity index (χ0n) is 22.4. The molecular formula is C30H32F2N2O4Si. The third-order valence-electron chi connectivity index (χ3n) is 6.55. The summed E-state index contributed by atoms with van der Waals surface area (Å²) in [5.74, 6) is 0.183. The van der Waals surface area contributed by atoms with Gasteiger partial charge in [0.15, 0.2) is 5.75 Å². The molecule has 0 saturated heterocycles. The molecule has 0 fully saturated rings. The van der Waals surface area contributed by atoms with Crippen molar-refractivity contribution in [2.24, 2.45) is 0 Å². The summed E-state index contributed by atoms with van der Waals surface area (Å²) in [4.78, 5) is 13.0. The lowest BCUT2D eigenvalue weighted by Crippen LogP contribution is -2.66. The van der Waals surface area contributed by atoms with Crippen LogP contribution in [0.1, 0.15) is 32.0 Å². The monoisotopic (exact) mass is 550 g/mol. The number of aromatic nitrogens is 2.